The number of carbonyl (C=O) groups excluding carboxylic acids is 1. The van der Waals surface area contributed by atoms with Gasteiger partial charge in [0.15, 0.2) is 0 Å². The summed E-state index contributed by atoms with van der Waals surface area (Å²) in [5.41, 5.74) is 0. The average Bonchev–Trinajstić information content (AvgIpc) is 2.14. The van der Waals surface area contributed by atoms with Crippen molar-refractivity contribution in [1.82, 2.24) is 4.42 Å². The van der Waals surface area contributed by atoms with Crippen LogP contribution in [0.1, 0.15) is 12.8 Å². The van der Waals surface area contributed by atoms with E-state index in [-0.39, 0.29) is 12.3 Å². The molecule has 0 saturated carbocycles. The van der Waals surface area contributed by atoms with E-state index in [4.69, 9.17) is 16.9 Å². The van der Waals surface area contributed by atoms with E-state index in [1.807, 2.05) is 0 Å². The molecule has 1 unspecified atom stereocenters. The van der Waals surface area contributed by atoms with Crippen molar-refractivity contribution < 1.29 is 14.7 Å². The average molecular weight is 164 g/mol. The quantitative estimate of drug-likeness (QED) is 0.563. The van der Waals surface area contributed by atoms with Gasteiger partial charge in [-0.25, -0.2) is 9.21 Å². The van der Waals surface area contributed by atoms with Crippen molar-refractivity contribution in [2.75, 3.05) is 0 Å². The van der Waals surface area contributed by atoms with Gasteiger partial charge in [0.25, 0.3) is 0 Å². The number of aliphatic carboxylic acids is 1. The van der Waals surface area contributed by atoms with Crippen molar-refractivity contribution >= 4 is 23.7 Å². The van der Waals surface area contributed by atoms with Crippen molar-refractivity contribution in [2.24, 2.45) is 0 Å². The lowest BCUT2D eigenvalue weighted by Crippen LogP contribution is -2.30. The molecule has 0 spiro atoms. The fourth-order valence-electron chi connectivity index (χ4n) is 0.875. The molecule has 1 fully saturated rings. The Labute approximate surface area is 62.5 Å². The molecule has 0 radical (unpaired) electrons. The lowest BCUT2D eigenvalue weighted by molar-refractivity contribution is -0.143. The maximum atomic E-state index is 10.6. The summed E-state index contributed by atoms with van der Waals surface area (Å²) in [5, 5.41) is 8.42. The Morgan fingerprint density at radius 2 is 2.40 bits per heavy atom. The summed E-state index contributed by atoms with van der Waals surface area (Å²) in [7, 11) is 0. The first-order valence-corrected chi connectivity index (χ1v) is 3.17. The van der Waals surface area contributed by atoms with Crippen molar-refractivity contribution in [3.8, 4) is 0 Å². The minimum atomic E-state index is -1.04. The molecule has 1 amide bonds. The Morgan fingerprint density at radius 3 is 2.60 bits per heavy atom. The van der Waals surface area contributed by atoms with Gasteiger partial charge in [0.2, 0.25) is 5.91 Å². The van der Waals surface area contributed by atoms with E-state index in [0.717, 1.165) is 4.42 Å². The highest BCUT2D eigenvalue weighted by molar-refractivity contribution is 6.23. The molecule has 1 heterocycles. The summed E-state index contributed by atoms with van der Waals surface area (Å²) in [6.45, 7) is 0. The number of rotatable bonds is 1. The predicted molar refractivity (Wildman–Crippen MR) is 33.4 cm³/mol. The standard InChI is InChI=1S/C5H6ClNO3/c6-7-3(5(9)10)1-2-4(7)8/h3H,1-2H2,(H,9,10). The van der Waals surface area contributed by atoms with Gasteiger partial charge < -0.3 is 5.11 Å². The van der Waals surface area contributed by atoms with Gasteiger partial charge in [0.05, 0.1) is 0 Å². The molecule has 1 atom stereocenters. The van der Waals surface area contributed by atoms with Crippen LogP contribution in [0.5, 0.6) is 0 Å². The topological polar surface area (TPSA) is 57.6 Å². The number of nitrogens with zero attached hydrogens (tertiary/aromatic N) is 1. The molecule has 5 heteroatoms. The lowest BCUT2D eigenvalue weighted by atomic mass is 10.2. The molecule has 0 aromatic rings. The second-order valence-electron chi connectivity index (χ2n) is 2.10. The Morgan fingerprint density at radius 1 is 1.80 bits per heavy atom. The molecule has 10 heavy (non-hydrogen) atoms. The molecular formula is C5H6ClNO3. The van der Waals surface area contributed by atoms with Crippen LogP contribution in [0.25, 0.3) is 0 Å². The maximum absolute atomic E-state index is 10.6. The summed E-state index contributed by atoms with van der Waals surface area (Å²) in [5.74, 6) is -1.35. The van der Waals surface area contributed by atoms with E-state index in [0.29, 0.717) is 6.42 Å². The molecule has 1 aliphatic heterocycles. The fourth-order valence-corrected chi connectivity index (χ4v) is 1.14. The third-order valence-corrected chi connectivity index (χ3v) is 1.85. The van der Waals surface area contributed by atoms with Crippen LogP contribution in [0.2, 0.25) is 0 Å². The van der Waals surface area contributed by atoms with Crippen LogP contribution in [0.4, 0.5) is 0 Å². The van der Waals surface area contributed by atoms with Gasteiger partial charge in [-0.1, -0.05) is 0 Å². The predicted octanol–water partition coefficient (Wildman–Crippen LogP) is 0.216. The largest absolute Gasteiger partial charge is 0.480 e. The third-order valence-electron chi connectivity index (χ3n) is 1.43. The van der Waals surface area contributed by atoms with Gasteiger partial charge in [-0.2, -0.15) is 0 Å². The number of amides is 1. The number of hydrogen-bond acceptors (Lipinski definition) is 2. The molecule has 56 valence electrons. The second kappa shape index (κ2) is 2.46. The van der Waals surface area contributed by atoms with Crippen molar-refractivity contribution in [3.63, 3.8) is 0 Å². The smallest absolute Gasteiger partial charge is 0.327 e. The normalized spacial score (nSPS) is 25.5. The number of carboxylic acid groups (broad SMARTS) is 1. The summed E-state index contributed by atoms with van der Waals surface area (Å²) in [6.07, 6.45) is 0.554. The Hall–Kier alpha value is -0.770. The first kappa shape index (κ1) is 7.34. The number of carbonyl (C=O) groups is 2. The first-order chi connectivity index (χ1) is 4.63. The number of hydrogen-bond donors (Lipinski definition) is 1. The summed E-state index contributed by atoms with van der Waals surface area (Å²) in [4.78, 5) is 20.9. The van der Waals surface area contributed by atoms with Crippen LogP contribution < -0.4 is 0 Å². The highest BCUT2D eigenvalue weighted by Crippen LogP contribution is 2.20. The van der Waals surface area contributed by atoms with Crippen molar-refractivity contribution in [1.29, 1.82) is 0 Å². The fraction of sp³-hybridized carbons (Fsp3) is 0.600. The van der Waals surface area contributed by atoms with Gasteiger partial charge in [0, 0.05) is 18.2 Å². The van der Waals surface area contributed by atoms with Crippen LogP contribution in [0, 0.1) is 0 Å². The maximum Gasteiger partial charge on any atom is 0.327 e. The Kier molecular flexibility index (Phi) is 1.80. The first-order valence-electron chi connectivity index (χ1n) is 2.83. The van der Waals surface area contributed by atoms with Gasteiger partial charge >= 0.3 is 5.97 Å². The monoisotopic (exact) mass is 163 g/mol. The second-order valence-corrected chi connectivity index (χ2v) is 2.46. The molecular weight excluding hydrogens is 158 g/mol. The molecule has 4 nitrogen and oxygen atoms in total. The van der Waals surface area contributed by atoms with Gasteiger partial charge in [-0.15, -0.1) is 0 Å². The zero-order chi connectivity index (χ0) is 7.72. The Bertz CT molecular complexity index is 182. The van der Waals surface area contributed by atoms with Gasteiger partial charge in [-0.3, -0.25) is 4.79 Å². The van der Waals surface area contributed by atoms with E-state index in [9.17, 15) is 9.59 Å². The van der Waals surface area contributed by atoms with E-state index in [1.165, 1.54) is 0 Å². The minimum Gasteiger partial charge on any atom is -0.480 e. The highest BCUT2D eigenvalue weighted by Gasteiger charge is 2.34. The summed E-state index contributed by atoms with van der Waals surface area (Å²) < 4.78 is 0.752. The van der Waals surface area contributed by atoms with E-state index in [1.54, 1.807) is 0 Å². The third kappa shape index (κ3) is 1.07. The zero-order valence-corrected chi connectivity index (χ0v) is 5.84. The molecule has 0 aromatic heterocycles. The molecule has 1 N–H and O–H groups in total. The van der Waals surface area contributed by atoms with E-state index in [2.05, 4.69) is 0 Å². The molecule has 0 aromatic carbocycles. The molecule has 0 aliphatic carbocycles. The van der Waals surface area contributed by atoms with Crippen molar-refractivity contribution in [2.45, 2.75) is 18.9 Å². The number of halogens is 1. The van der Waals surface area contributed by atoms with E-state index >= 15 is 0 Å². The Balaban J connectivity index is 2.66. The SMILES string of the molecule is O=C(O)C1CCC(=O)N1Cl. The van der Waals surface area contributed by atoms with Crippen LogP contribution in [0.15, 0.2) is 0 Å². The van der Waals surface area contributed by atoms with Crippen LogP contribution in [-0.4, -0.2) is 27.4 Å². The highest BCUT2D eigenvalue weighted by atomic mass is 35.5. The summed E-state index contributed by atoms with van der Waals surface area (Å²) >= 11 is 5.33. The van der Waals surface area contributed by atoms with Crippen LogP contribution in [0.3, 0.4) is 0 Å². The molecule has 0 bridgehead atoms. The molecule has 1 saturated heterocycles. The lowest BCUT2D eigenvalue weighted by Gasteiger charge is -2.10. The molecule has 1 rings (SSSR count). The molecule has 1 aliphatic rings. The zero-order valence-electron chi connectivity index (χ0n) is 5.08. The van der Waals surface area contributed by atoms with Crippen LogP contribution >= 0.6 is 11.8 Å². The minimum absolute atomic E-state index is 0.237. The summed E-state index contributed by atoms with van der Waals surface area (Å²) in [6, 6.07) is -0.825. The van der Waals surface area contributed by atoms with E-state index < -0.39 is 12.0 Å². The van der Waals surface area contributed by atoms with Gasteiger partial charge in [-0.05, 0) is 6.42 Å². The number of carboxylic acids is 1. The van der Waals surface area contributed by atoms with Gasteiger partial charge in [0.1, 0.15) is 6.04 Å². The van der Waals surface area contributed by atoms with Crippen molar-refractivity contribution in [3.05, 3.63) is 0 Å². The van der Waals surface area contributed by atoms with Crippen LogP contribution in [-0.2, 0) is 9.59 Å².